The van der Waals surface area contributed by atoms with Gasteiger partial charge < -0.3 is 9.42 Å². The average Bonchev–Trinajstić information content (AvgIpc) is 3.16. The molecule has 150 valence electrons. The van der Waals surface area contributed by atoms with Crippen LogP contribution in [0.15, 0.2) is 40.9 Å². The summed E-state index contributed by atoms with van der Waals surface area (Å²) in [5.41, 5.74) is 1.03. The Morgan fingerprint density at radius 2 is 1.62 bits per heavy atom. The van der Waals surface area contributed by atoms with Crippen LogP contribution >= 0.6 is 46.4 Å². The first kappa shape index (κ1) is 20.5. The number of carbonyl (C=O) groups is 1. The number of hydrogen-bond acceptors (Lipinski definition) is 4. The van der Waals surface area contributed by atoms with Gasteiger partial charge in [0.1, 0.15) is 0 Å². The van der Waals surface area contributed by atoms with Gasteiger partial charge in [-0.15, -0.1) is 0 Å². The Balaban J connectivity index is 1.45. The van der Waals surface area contributed by atoms with Gasteiger partial charge in [-0.05, 0) is 43.2 Å². The molecule has 3 aromatic rings. The third-order valence-electron chi connectivity index (χ3n) is 4.87. The van der Waals surface area contributed by atoms with Crippen molar-refractivity contribution >= 4 is 52.3 Å². The highest BCUT2D eigenvalue weighted by atomic mass is 35.5. The van der Waals surface area contributed by atoms with Crippen molar-refractivity contribution in [2.75, 3.05) is 13.1 Å². The molecule has 2 heterocycles. The van der Waals surface area contributed by atoms with Gasteiger partial charge in [-0.25, -0.2) is 0 Å². The molecule has 9 heteroatoms. The van der Waals surface area contributed by atoms with Crippen LogP contribution in [0, 0.1) is 0 Å². The summed E-state index contributed by atoms with van der Waals surface area (Å²) in [6, 6.07) is 10.1. The number of rotatable bonds is 3. The Labute approximate surface area is 187 Å². The van der Waals surface area contributed by atoms with Gasteiger partial charge >= 0.3 is 0 Å². The normalized spacial score (nSPS) is 15.0. The zero-order valence-corrected chi connectivity index (χ0v) is 18.1. The van der Waals surface area contributed by atoms with E-state index in [1.807, 2.05) is 0 Å². The Bertz CT molecular complexity index is 1020. The minimum Gasteiger partial charge on any atom is -0.339 e. The molecule has 0 aliphatic carbocycles. The summed E-state index contributed by atoms with van der Waals surface area (Å²) >= 11 is 24.5. The maximum Gasteiger partial charge on any atom is 0.253 e. The van der Waals surface area contributed by atoms with E-state index < -0.39 is 0 Å². The summed E-state index contributed by atoms with van der Waals surface area (Å²) in [5, 5.41) is 5.84. The quantitative estimate of drug-likeness (QED) is 0.446. The summed E-state index contributed by atoms with van der Waals surface area (Å²) in [6.45, 7) is 1.14. The van der Waals surface area contributed by atoms with Crippen LogP contribution in [0.4, 0.5) is 0 Å². The van der Waals surface area contributed by atoms with Crippen molar-refractivity contribution in [3.05, 3.63) is 67.9 Å². The van der Waals surface area contributed by atoms with Crippen LogP contribution in [0.1, 0.15) is 35.0 Å². The topological polar surface area (TPSA) is 59.2 Å². The van der Waals surface area contributed by atoms with Crippen LogP contribution in [0.25, 0.3) is 11.4 Å². The predicted octanol–water partition coefficient (Wildman–Crippen LogP) is 6.37. The van der Waals surface area contributed by atoms with Crippen molar-refractivity contribution < 1.29 is 9.32 Å². The summed E-state index contributed by atoms with van der Waals surface area (Å²) in [5.74, 6) is 0.850. The lowest BCUT2D eigenvalue weighted by Crippen LogP contribution is -2.38. The van der Waals surface area contributed by atoms with Gasteiger partial charge in [0.15, 0.2) is 0 Å². The molecule has 2 aromatic carbocycles. The Morgan fingerprint density at radius 3 is 2.24 bits per heavy atom. The molecule has 0 radical (unpaired) electrons. The Hall–Kier alpha value is -1.79. The second-order valence-electron chi connectivity index (χ2n) is 6.78. The maximum atomic E-state index is 12.7. The number of halogens is 4. The second-order valence-corrected chi connectivity index (χ2v) is 8.46. The van der Waals surface area contributed by atoms with E-state index in [9.17, 15) is 4.79 Å². The minimum absolute atomic E-state index is 0.0597. The average molecular weight is 471 g/mol. The highest BCUT2D eigenvalue weighted by Crippen LogP contribution is 2.35. The lowest BCUT2D eigenvalue weighted by Gasteiger charge is -2.30. The highest BCUT2D eigenvalue weighted by molar-refractivity contribution is 6.39. The second kappa shape index (κ2) is 8.52. The van der Waals surface area contributed by atoms with Crippen LogP contribution in [0.5, 0.6) is 0 Å². The predicted molar refractivity (Wildman–Crippen MR) is 114 cm³/mol. The van der Waals surface area contributed by atoms with Gasteiger partial charge in [-0.2, -0.15) is 4.98 Å². The molecular weight excluding hydrogens is 456 g/mol. The van der Waals surface area contributed by atoms with Crippen molar-refractivity contribution in [2.45, 2.75) is 18.8 Å². The molecule has 0 saturated carbocycles. The largest absolute Gasteiger partial charge is 0.339 e. The van der Waals surface area contributed by atoms with Crippen LogP contribution in [0.2, 0.25) is 20.1 Å². The van der Waals surface area contributed by atoms with Gasteiger partial charge in [0, 0.05) is 34.6 Å². The van der Waals surface area contributed by atoms with Crippen LogP contribution < -0.4 is 0 Å². The number of amides is 1. The molecule has 1 aliphatic heterocycles. The SMILES string of the molecule is O=C(c1cc(Cl)cc(Cl)c1)N1CCC(c2nc(-c3c(Cl)cccc3Cl)no2)CC1. The van der Waals surface area contributed by atoms with Gasteiger partial charge in [0.2, 0.25) is 11.7 Å². The van der Waals surface area contributed by atoms with Crippen molar-refractivity contribution in [1.82, 2.24) is 15.0 Å². The summed E-state index contributed by atoms with van der Waals surface area (Å²) in [6.07, 6.45) is 1.41. The molecule has 29 heavy (non-hydrogen) atoms. The highest BCUT2D eigenvalue weighted by Gasteiger charge is 2.29. The maximum absolute atomic E-state index is 12.7. The van der Waals surface area contributed by atoms with Gasteiger partial charge in [0.05, 0.1) is 15.6 Å². The van der Waals surface area contributed by atoms with Crippen LogP contribution in [-0.4, -0.2) is 34.0 Å². The molecule has 0 atom stereocenters. The number of likely N-dealkylation sites (tertiary alicyclic amines) is 1. The fraction of sp³-hybridized carbons (Fsp3) is 0.250. The van der Waals surface area contributed by atoms with Crippen molar-refractivity contribution in [2.24, 2.45) is 0 Å². The molecule has 1 fully saturated rings. The van der Waals surface area contributed by atoms with Crippen molar-refractivity contribution in [3.8, 4) is 11.4 Å². The van der Waals surface area contributed by atoms with E-state index in [1.165, 1.54) is 0 Å². The van der Waals surface area contributed by atoms with E-state index in [0.717, 1.165) is 0 Å². The molecule has 1 saturated heterocycles. The minimum atomic E-state index is -0.0954. The zero-order chi connectivity index (χ0) is 20.5. The number of hydrogen-bond donors (Lipinski definition) is 0. The molecular formula is C20H15Cl4N3O2. The number of benzene rings is 2. The lowest BCUT2D eigenvalue weighted by atomic mass is 9.96. The van der Waals surface area contributed by atoms with Crippen LogP contribution in [-0.2, 0) is 0 Å². The number of nitrogens with zero attached hydrogens (tertiary/aromatic N) is 3. The first-order chi connectivity index (χ1) is 13.9. The van der Waals surface area contributed by atoms with Crippen LogP contribution in [0.3, 0.4) is 0 Å². The van der Waals surface area contributed by atoms with Gasteiger partial charge in [-0.3, -0.25) is 4.79 Å². The molecule has 0 N–H and O–H groups in total. The molecule has 1 aliphatic rings. The number of aromatic nitrogens is 2. The molecule has 0 spiro atoms. The van der Waals surface area contributed by atoms with Gasteiger partial charge in [-0.1, -0.05) is 57.6 Å². The summed E-state index contributed by atoms with van der Waals surface area (Å²) in [7, 11) is 0. The molecule has 5 nitrogen and oxygen atoms in total. The van der Waals surface area contributed by atoms with E-state index in [0.29, 0.717) is 68.9 Å². The fourth-order valence-corrected chi connectivity index (χ4v) is 4.50. The standard InChI is InChI=1S/C20H15Cl4N3O2/c21-13-8-12(9-14(22)10-13)20(28)27-6-4-11(5-7-27)19-25-18(26-29-19)17-15(23)2-1-3-16(17)24/h1-3,8-11H,4-7H2. The first-order valence-corrected chi connectivity index (χ1v) is 10.5. The Morgan fingerprint density at radius 1 is 1.00 bits per heavy atom. The summed E-state index contributed by atoms with van der Waals surface area (Å²) in [4.78, 5) is 19.0. The summed E-state index contributed by atoms with van der Waals surface area (Å²) < 4.78 is 5.46. The van der Waals surface area contributed by atoms with Gasteiger partial charge in [0.25, 0.3) is 5.91 Å². The van der Waals surface area contributed by atoms with E-state index in [4.69, 9.17) is 50.9 Å². The molecule has 1 aromatic heterocycles. The van der Waals surface area contributed by atoms with E-state index in [2.05, 4.69) is 10.1 Å². The Kier molecular flexibility index (Phi) is 6.02. The van der Waals surface area contributed by atoms with E-state index in [1.54, 1.807) is 41.3 Å². The molecule has 4 rings (SSSR count). The first-order valence-electron chi connectivity index (χ1n) is 8.95. The monoisotopic (exact) mass is 469 g/mol. The molecule has 1 amide bonds. The van der Waals surface area contributed by atoms with Crippen molar-refractivity contribution in [3.63, 3.8) is 0 Å². The third kappa shape index (κ3) is 4.38. The van der Waals surface area contributed by atoms with Crippen molar-refractivity contribution in [1.29, 1.82) is 0 Å². The lowest BCUT2D eigenvalue weighted by molar-refractivity contribution is 0.0704. The molecule has 0 unspecified atom stereocenters. The fourth-order valence-electron chi connectivity index (χ4n) is 3.40. The van der Waals surface area contributed by atoms with E-state index in [-0.39, 0.29) is 11.8 Å². The molecule has 0 bridgehead atoms. The number of carbonyl (C=O) groups excluding carboxylic acids is 1. The van der Waals surface area contributed by atoms with E-state index >= 15 is 0 Å². The zero-order valence-electron chi connectivity index (χ0n) is 15.0. The smallest absolute Gasteiger partial charge is 0.253 e. The third-order valence-corrected chi connectivity index (χ3v) is 5.94. The number of piperidine rings is 1.